The molecule has 0 saturated carbocycles. The number of benzene rings is 2. The number of halogens is 3. The first-order valence-corrected chi connectivity index (χ1v) is 10.6. The molecule has 1 N–H and O–H groups in total. The van der Waals surface area contributed by atoms with Gasteiger partial charge in [-0.05, 0) is 44.0 Å². The van der Waals surface area contributed by atoms with Crippen molar-refractivity contribution in [2.24, 2.45) is 0 Å². The van der Waals surface area contributed by atoms with Gasteiger partial charge in [0, 0.05) is 5.54 Å². The van der Waals surface area contributed by atoms with E-state index in [2.05, 4.69) is 5.32 Å². The molecule has 1 amide bonds. The van der Waals surface area contributed by atoms with E-state index in [1.807, 2.05) is 30.3 Å². The second kappa shape index (κ2) is 8.44. The number of hydrogen-bond acceptors (Lipinski definition) is 3. The lowest BCUT2D eigenvalue weighted by Crippen LogP contribution is -2.50. The second-order valence-electron chi connectivity index (χ2n) is 7.41. The van der Waals surface area contributed by atoms with E-state index in [1.165, 1.54) is 6.07 Å². The van der Waals surface area contributed by atoms with Crippen molar-refractivity contribution in [1.82, 2.24) is 5.32 Å². The molecule has 0 fully saturated rings. The van der Waals surface area contributed by atoms with Crippen molar-refractivity contribution in [2.75, 3.05) is 17.1 Å². The molecular weight excluding hydrogens is 405 g/mol. The average molecular weight is 428 g/mol. The highest BCUT2D eigenvalue weighted by molar-refractivity contribution is 7.92. The highest BCUT2D eigenvalue weighted by atomic mass is 32.2. The minimum atomic E-state index is -4.63. The number of carbonyl (C=O) groups excluding carboxylic acids is 1. The van der Waals surface area contributed by atoms with Crippen molar-refractivity contribution >= 4 is 21.6 Å². The largest absolute Gasteiger partial charge is 0.416 e. The van der Waals surface area contributed by atoms with Gasteiger partial charge in [0.15, 0.2) is 0 Å². The van der Waals surface area contributed by atoms with Gasteiger partial charge in [0.05, 0.1) is 17.5 Å². The first-order chi connectivity index (χ1) is 13.3. The van der Waals surface area contributed by atoms with Crippen molar-refractivity contribution < 1.29 is 26.4 Å². The Hall–Kier alpha value is -2.55. The van der Waals surface area contributed by atoms with E-state index in [0.29, 0.717) is 16.8 Å². The highest BCUT2D eigenvalue weighted by Crippen LogP contribution is 2.32. The Labute approximate surface area is 168 Å². The lowest BCUT2D eigenvalue weighted by Gasteiger charge is -2.29. The lowest BCUT2D eigenvalue weighted by atomic mass is 9.95. The van der Waals surface area contributed by atoms with Gasteiger partial charge >= 0.3 is 6.18 Å². The molecule has 0 heterocycles. The molecule has 0 aliphatic heterocycles. The molecular formula is C20H23F3N2O3S. The highest BCUT2D eigenvalue weighted by Gasteiger charge is 2.32. The summed E-state index contributed by atoms with van der Waals surface area (Å²) in [4.78, 5) is 12.5. The summed E-state index contributed by atoms with van der Waals surface area (Å²) < 4.78 is 63.9. The molecule has 0 saturated heterocycles. The van der Waals surface area contributed by atoms with E-state index in [0.717, 1.165) is 24.0 Å². The van der Waals surface area contributed by atoms with Crippen LogP contribution in [0.2, 0.25) is 0 Å². The molecule has 2 aromatic carbocycles. The van der Waals surface area contributed by atoms with Gasteiger partial charge in [-0.2, -0.15) is 13.2 Å². The molecule has 0 spiro atoms. The van der Waals surface area contributed by atoms with Crippen LogP contribution in [0.4, 0.5) is 18.9 Å². The normalized spacial score (nSPS) is 12.5. The first kappa shape index (κ1) is 22.7. The Bertz CT molecular complexity index is 958. The quantitative estimate of drug-likeness (QED) is 0.733. The van der Waals surface area contributed by atoms with Gasteiger partial charge in [-0.1, -0.05) is 36.4 Å². The second-order valence-corrected chi connectivity index (χ2v) is 9.32. The molecule has 9 heteroatoms. The van der Waals surface area contributed by atoms with Gasteiger partial charge in [-0.15, -0.1) is 0 Å². The molecule has 0 radical (unpaired) electrons. The monoisotopic (exact) mass is 428 g/mol. The third-order valence-corrected chi connectivity index (χ3v) is 5.26. The van der Waals surface area contributed by atoms with E-state index in [9.17, 15) is 26.4 Å². The predicted octanol–water partition coefficient (Wildman–Crippen LogP) is 3.61. The van der Waals surface area contributed by atoms with Crippen molar-refractivity contribution in [3.05, 3.63) is 65.7 Å². The Morgan fingerprint density at radius 2 is 1.66 bits per heavy atom. The SMILES string of the molecule is CC(C)(Cc1ccccc1)NC(=O)CN(c1cccc(C(F)(F)F)c1)S(C)(=O)=O. The number of sulfonamides is 1. The van der Waals surface area contributed by atoms with Crippen molar-refractivity contribution in [2.45, 2.75) is 32.0 Å². The molecule has 0 aliphatic rings. The van der Waals surface area contributed by atoms with Gasteiger partial charge < -0.3 is 5.32 Å². The zero-order valence-corrected chi connectivity index (χ0v) is 17.1. The Morgan fingerprint density at radius 3 is 2.21 bits per heavy atom. The zero-order chi connectivity index (χ0) is 21.9. The smallest absolute Gasteiger partial charge is 0.349 e. The standard InChI is InChI=1S/C20H23F3N2O3S/c1-19(2,13-15-8-5-4-6-9-15)24-18(26)14-25(29(3,27)28)17-11-7-10-16(12-17)20(21,22)23/h4-12H,13-14H2,1-3H3,(H,24,26). The number of nitrogens with zero attached hydrogens (tertiary/aromatic N) is 1. The van der Waals surface area contributed by atoms with Crippen LogP contribution in [0.5, 0.6) is 0 Å². The summed E-state index contributed by atoms with van der Waals surface area (Å²) in [6.45, 7) is 2.94. The molecule has 2 rings (SSSR count). The van der Waals surface area contributed by atoms with Crippen LogP contribution in [0.1, 0.15) is 25.0 Å². The van der Waals surface area contributed by atoms with Gasteiger partial charge in [-0.3, -0.25) is 9.10 Å². The van der Waals surface area contributed by atoms with Crippen LogP contribution in [0.3, 0.4) is 0 Å². The van der Waals surface area contributed by atoms with Crippen molar-refractivity contribution in [1.29, 1.82) is 0 Å². The number of alkyl halides is 3. The molecule has 5 nitrogen and oxygen atoms in total. The topological polar surface area (TPSA) is 66.5 Å². The fourth-order valence-corrected chi connectivity index (χ4v) is 3.78. The van der Waals surface area contributed by atoms with Gasteiger partial charge in [0.2, 0.25) is 15.9 Å². The summed E-state index contributed by atoms with van der Waals surface area (Å²) >= 11 is 0. The minimum Gasteiger partial charge on any atom is -0.349 e. The van der Waals surface area contributed by atoms with Crippen molar-refractivity contribution in [3.63, 3.8) is 0 Å². The van der Waals surface area contributed by atoms with Crippen LogP contribution >= 0.6 is 0 Å². The molecule has 0 unspecified atom stereocenters. The summed E-state index contributed by atoms with van der Waals surface area (Å²) in [6, 6.07) is 13.3. The number of carbonyl (C=O) groups is 1. The first-order valence-electron chi connectivity index (χ1n) is 8.78. The fraction of sp³-hybridized carbons (Fsp3) is 0.350. The zero-order valence-electron chi connectivity index (χ0n) is 16.3. The van der Waals surface area contributed by atoms with Gasteiger partial charge in [0.1, 0.15) is 6.54 Å². The molecule has 158 valence electrons. The third-order valence-electron chi connectivity index (χ3n) is 4.12. The number of rotatable bonds is 7. The molecule has 0 bridgehead atoms. The van der Waals surface area contributed by atoms with Crippen LogP contribution in [-0.4, -0.2) is 32.7 Å². The fourth-order valence-electron chi connectivity index (χ4n) is 2.94. The molecule has 0 aromatic heterocycles. The van der Waals surface area contributed by atoms with Crippen LogP contribution in [0.25, 0.3) is 0 Å². The molecule has 29 heavy (non-hydrogen) atoms. The van der Waals surface area contributed by atoms with E-state index >= 15 is 0 Å². The maximum Gasteiger partial charge on any atom is 0.416 e. The summed E-state index contributed by atoms with van der Waals surface area (Å²) in [5.41, 5.74) is -0.919. The Balaban J connectivity index is 2.20. The Kier molecular flexibility index (Phi) is 6.62. The van der Waals surface area contributed by atoms with E-state index in [1.54, 1.807) is 13.8 Å². The molecule has 0 aliphatic carbocycles. The molecule has 0 atom stereocenters. The van der Waals surface area contributed by atoms with Gasteiger partial charge in [-0.25, -0.2) is 8.42 Å². The summed E-state index contributed by atoms with van der Waals surface area (Å²) in [7, 11) is -3.98. The van der Waals surface area contributed by atoms with Crippen LogP contribution in [0, 0.1) is 0 Å². The van der Waals surface area contributed by atoms with Crippen LogP contribution < -0.4 is 9.62 Å². The summed E-state index contributed by atoms with van der Waals surface area (Å²) in [6.07, 6.45) is -3.28. The number of hydrogen-bond donors (Lipinski definition) is 1. The maximum atomic E-state index is 13.0. The summed E-state index contributed by atoms with van der Waals surface area (Å²) in [5.74, 6) is -0.617. The van der Waals surface area contributed by atoms with Gasteiger partial charge in [0.25, 0.3) is 0 Å². The lowest BCUT2D eigenvalue weighted by molar-refractivity contribution is -0.137. The number of nitrogens with one attached hydrogen (secondary N) is 1. The number of amides is 1. The number of anilines is 1. The predicted molar refractivity (Wildman–Crippen MR) is 106 cm³/mol. The molecule has 2 aromatic rings. The van der Waals surface area contributed by atoms with Crippen molar-refractivity contribution in [3.8, 4) is 0 Å². The summed E-state index contributed by atoms with van der Waals surface area (Å²) in [5, 5.41) is 2.75. The van der Waals surface area contributed by atoms with Crippen LogP contribution in [0.15, 0.2) is 54.6 Å². The van der Waals surface area contributed by atoms with E-state index in [-0.39, 0.29) is 5.69 Å². The third kappa shape index (κ3) is 6.77. The average Bonchev–Trinajstić information content (AvgIpc) is 2.58. The van der Waals surface area contributed by atoms with E-state index < -0.39 is 39.8 Å². The van der Waals surface area contributed by atoms with Crippen LogP contribution in [-0.2, 0) is 27.4 Å². The Morgan fingerprint density at radius 1 is 1.03 bits per heavy atom. The van der Waals surface area contributed by atoms with E-state index in [4.69, 9.17) is 0 Å². The maximum absolute atomic E-state index is 13.0. The minimum absolute atomic E-state index is 0.224.